The van der Waals surface area contributed by atoms with E-state index in [1.165, 1.54) is 38.4 Å². The van der Waals surface area contributed by atoms with Crippen molar-refractivity contribution in [2.75, 3.05) is 6.61 Å². The molecular weight excluding hydrogens is 274 g/mol. The average Bonchev–Trinajstić information content (AvgIpc) is 2.46. The van der Waals surface area contributed by atoms with Gasteiger partial charge in [-0.05, 0) is 26.0 Å². The highest BCUT2D eigenvalue weighted by Crippen LogP contribution is 2.27. The third-order valence-electron chi connectivity index (χ3n) is 3.22. The fourth-order valence-corrected chi connectivity index (χ4v) is 2.02. The van der Waals surface area contributed by atoms with Crippen molar-refractivity contribution >= 4 is 17.5 Å². The Morgan fingerprint density at radius 2 is 1.90 bits per heavy atom. The van der Waals surface area contributed by atoms with Crippen molar-refractivity contribution in [2.45, 2.75) is 32.8 Å². The zero-order valence-corrected chi connectivity index (χ0v) is 12.3. The van der Waals surface area contributed by atoms with Crippen LogP contribution in [0.3, 0.4) is 0 Å². The molecule has 0 aromatic carbocycles. The van der Waals surface area contributed by atoms with Crippen molar-refractivity contribution in [2.24, 2.45) is 5.92 Å². The first-order valence-electron chi connectivity index (χ1n) is 6.66. The molecule has 1 N–H and O–H groups in total. The highest BCUT2D eigenvalue weighted by Gasteiger charge is 2.47. The van der Waals surface area contributed by atoms with Gasteiger partial charge < -0.3 is 9.84 Å². The minimum atomic E-state index is -2.16. The summed E-state index contributed by atoms with van der Waals surface area (Å²) in [6, 6.07) is 2.97. The number of esters is 1. The molecule has 0 saturated carbocycles. The number of ketones is 2. The molecule has 0 bridgehead atoms. The number of Topliss-reactive ketones (excluding diaryl/α,β-unsaturated/α-hetero) is 2. The molecule has 0 fully saturated rings. The van der Waals surface area contributed by atoms with Crippen LogP contribution in [0.2, 0.25) is 0 Å². The zero-order chi connectivity index (χ0) is 16.0. The Morgan fingerprint density at radius 1 is 1.33 bits per heavy atom. The van der Waals surface area contributed by atoms with Gasteiger partial charge in [0.1, 0.15) is 5.78 Å². The standard InChI is InChI=1S/C15H19NO5/c1-4-21-14(19)15(20,9-10(2)17)11(3)13(18)12-5-7-16-8-6-12/h5-8,11,20H,4,9H2,1-3H3/t11-,15-/m1/s1. The van der Waals surface area contributed by atoms with Gasteiger partial charge in [0.2, 0.25) is 0 Å². The number of ether oxygens (including phenoxy) is 1. The van der Waals surface area contributed by atoms with E-state index in [0.29, 0.717) is 5.56 Å². The highest BCUT2D eigenvalue weighted by molar-refractivity contribution is 6.02. The van der Waals surface area contributed by atoms with Crippen LogP contribution in [-0.4, -0.2) is 39.8 Å². The van der Waals surface area contributed by atoms with Gasteiger partial charge in [-0.15, -0.1) is 0 Å². The summed E-state index contributed by atoms with van der Waals surface area (Å²) in [5.41, 5.74) is -1.86. The second kappa shape index (κ2) is 7.08. The smallest absolute Gasteiger partial charge is 0.339 e. The number of carbonyl (C=O) groups excluding carboxylic acids is 3. The number of aliphatic hydroxyl groups is 1. The molecule has 0 radical (unpaired) electrons. The third-order valence-corrected chi connectivity index (χ3v) is 3.22. The monoisotopic (exact) mass is 293 g/mol. The summed E-state index contributed by atoms with van der Waals surface area (Å²) >= 11 is 0. The van der Waals surface area contributed by atoms with Gasteiger partial charge in [-0.25, -0.2) is 4.79 Å². The summed E-state index contributed by atoms with van der Waals surface area (Å²) in [5, 5.41) is 10.5. The maximum Gasteiger partial charge on any atom is 0.339 e. The van der Waals surface area contributed by atoms with E-state index in [-0.39, 0.29) is 6.61 Å². The Balaban J connectivity index is 3.10. The lowest BCUT2D eigenvalue weighted by atomic mass is 9.80. The first-order chi connectivity index (χ1) is 9.82. The maximum absolute atomic E-state index is 12.4. The second-order valence-electron chi connectivity index (χ2n) is 4.85. The third kappa shape index (κ3) is 3.95. The molecule has 0 aliphatic heterocycles. The van der Waals surface area contributed by atoms with Gasteiger partial charge in [-0.2, -0.15) is 0 Å². The summed E-state index contributed by atoms with van der Waals surface area (Å²) in [6.07, 6.45) is 2.41. The predicted molar refractivity (Wildman–Crippen MR) is 74.6 cm³/mol. The summed E-state index contributed by atoms with van der Waals surface area (Å²) in [5.74, 6) is -2.92. The minimum Gasteiger partial charge on any atom is -0.464 e. The first-order valence-corrected chi connectivity index (χ1v) is 6.66. The molecular formula is C15H19NO5. The number of hydrogen-bond donors (Lipinski definition) is 1. The number of nitrogens with zero attached hydrogens (tertiary/aromatic N) is 1. The van der Waals surface area contributed by atoms with Gasteiger partial charge in [-0.3, -0.25) is 14.6 Å². The van der Waals surface area contributed by atoms with E-state index in [0.717, 1.165) is 0 Å². The SMILES string of the molecule is CCOC(=O)[C@@](O)(CC(C)=O)[C@H](C)C(=O)c1ccncc1. The second-order valence-corrected chi connectivity index (χ2v) is 4.85. The van der Waals surface area contributed by atoms with Gasteiger partial charge in [0.15, 0.2) is 11.4 Å². The highest BCUT2D eigenvalue weighted by atomic mass is 16.5. The van der Waals surface area contributed by atoms with Crippen molar-refractivity contribution in [3.8, 4) is 0 Å². The molecule has 114 valence electrons. The van der Waals surface area contributed by atoms with Gasteiger partial charge in [0.05, 0.1) is 12.5 Å². The largest absolute Gasteiger partial charge is 0.464 e. The Hall–Kier alpha value is -2.08. The van der Waals surface area contributed by atoms with Crippen LogP contribution >= 0.6 is 0 Å². The van der Waals surface area contributed by atoms with E-state index in [9.17, 15) is 19.5 Å². The Bertz CT molecular complexity index is 528. The van der Waals surface area contributed by atoms with Gasteiger partial charge in [-0.1, -0.05) is 6.92 Å². The quantitative estimate of drug-likeness (QED) is 0.599. The molecule has 1 aromatic rings. The number of hydrogen-bond acceptors (Lipinski definition) is 6. The molecule has 0 aliphatic rings. The minimum absolute atomic E-state index is 0.0508. The molecule has 0 saturated heterocycles. The van der Waals surface area contributed by atoms with Crippen LogP contribution in [0, 0.1) is 5.92 Å². The Labute approximate surface area is 123 Å². The van der Waals surface area contributed by atoms with Gasteiger partial charge in [0.25, 0.3) is 0 Å². The lowest BCUT2D eigenvalue weighted by molar-refractivity contribution is -0.171. The topological polar surface area (TPSA) is 93.6 Å². The van der Waals surface area contributed by atoms with E-state index in [2.05, 4.69) is 4.98 Å². The molecule has 1 rings (SSSR count). The predicted octanol–water partition coefficient (Wildman–Crippen LogP) is 1.17. The summed E-state index contributed by atoms with van der Waals surface area (Å²) in [7, 11) is 0. The van der Waals surface area contributed by atoms with Crippen molar-refractivity contribution in [3.05, 3.63) is 30.1 Å². The van der Waals surface area contributed by atoms with Gasteiger partial charge in [0, 0.05) is 24.4 Å². The lowest BCUT2D eigenvalue weighted by Crippen LogP contribution is -2.50. The molecule has 6 heteroatoms. The molecule has 6 nitrogen and oxygen atoms in total. The van der Waals surface area contributed by atoms with Crippen molar-refractivity contribution in [3.63, 3.8) is 0 Å². The molecule has 1 heterocycles. The van der Waals surface area contributed by atoms with E-state index in [1.54, 1.807) is 6.92 Å². The Morgan fingerprint density at radius 3 is 2.38 bits per heavy atom. The van der Waals surface area contributed by atoms with E-state index in [4.69, 9.17) is 4.74 Å². The van der Waals surface area contributed by atoms with Crippen molar-refractivity contribution in [1.82, 2.24) is 4.98 Å². The molecule has 0 aliphatic carbocycles. The van der Waals surface area contributed by atoms with Crippen LogP contribution in [0.15, 0.2) is 24.5 Å². The Kier molecular flexibility index (Phi) is 5.72. The normalized spacial score (nSPS) is 14.9. The molecule has 0 amide bonds. The number of rotatable bonds is 7. The van der Waals surface area contributed by atoms with Crippen LogP contribution in [0.1, 0.15) is 37.6 Å². The average molecular weight is 293 g/mol. The van der Waals surface area contributed by atoms with Crippen LogP contribution < -0.4 is 0 Å². The number of pyridine rings is 1. The molecule has 0 unspecified atom stereocenters. The first kappa shape index (κ1) is 17.0. The fraction of sp³-hybridized carbons (Fsp3) is 0.467. The van der Waals surface area contributed by atoms with Crippen LogP contribution in [0.5, 0.6) is 0 Å². The summed E-state index contributed by atoms with van der Waals surface area (Å²) in [6.45, 7) is 4.28. The lowest BCUT2D eigenvalue weighted by Gasteiger charge is -2.30. The van der Waals surface area contributed by atoms with Gasteiger partial charge >= 0.3 is 5.97 Å². The number of aromatic nitrogens is 1. The van der Waals surface area contributed by atoms with E-state index >= 15 is 0 Å². The zero-order valence-electron chi connectivity index (χ0n) is 12.3. The van der Waals surface area contributed by atoms with Crippen molar-refractivity contribution in [1.29, 1.82) is 0 Å². The summed E-state index contributed by atoms with van der Waals surface area (Å²) in [4.78, 5) is 39.5. The molecule has 0 spiro atoms. The maximum atomic E-state index is 12.4. The molecule has 2 atom stereocenters. The van der Waals surface area contributed by atoms with Crippen LogP contribution in [0.25, 0.3) is 0 Å². The fourth-order valence-electron chi connectivity index (χ4n) is 2.02. The van der Waals surface area contributed by atoms with Crippen LogP contribution in [0.4, 0.5) is 0 Å². The van der Waals surface area contributed by atoms with Crippen LogP contribution in [-0.2, 0) is 14.3 Å². The number of carbonyl (C=O) groups is 3. The van der Waals surface area contributed by atoms with Crippen molar-refractivity contribution < 1.29 is 24.2 Å². The summed E-state index contributed by atoms with van der Waals surface area (Å²) < 4.78 is 4.81. The molecule has 1 aromatic heterocycles. The van der Waals surface area contributed by atoms with E-state index in [1.807, 2.05) is 0 Å². The molecule has 21 heavy (non-hydrogen) atoms. The van der Waals surface area contributed by atoms with E-state index < -0.39 is 35.5 Å².